The summed E-state index contributed by atoms with van der Waals surface area (Å²) in [5.41, 5.74) is 4.11. The van der Waals surface area contributed by atoms with E-state index in [0.717, 1.165) is 5.56 Å². The van der Waals surface area contributed by atoms with Gasteiger partial charge in [0.05, 0.1) is 13.3 Å². The Kier molecular flexibility index (Phi) is 7.38. The lowest BCUT2D eigenvalue weighted by atomic mass is 10.2. The lowest BCUT2D eigenvalue weighted by Gasteiger charge is -2.11. The summed E-state index contributed by atoms with van der Waals surface area (Å²) in [4.78, 5) is 11.8. The number of hydrogen-bond acceptors (Lipinski definition) is 5. The quantitative estimate of drug-likeness (QED) is 0.430. The molecule has 0 unspecified atom stereocenters. The second-order valence-electron chi connectivity index (χ2n) is 6.22. The monoisotopic (exact) mass is 408 g/mol. The summed E-state index contributed by atoms with van der Waals surface area (Å²) in [5.74, 6) is 0.520. The van der Waals surface area contributed by atoms with Gasteiger partial charge in [0, 0.05) is 6.07 Å². The fourth-order valence-corrected chi connectivity index (χ4v) is 2.54. The smallest absolute Gasteiger partial charge is 0.277 e. The van der Waals surface area contributed by atoms with Gasteiger partial charge in [0.25, 0.3) is 5.91 Å². The van der Waals surface area contributed by atoms with Crippen LogP contribution >= 0.6 is 0 Å². The molecule has 0 aromatic heterocycles. The average Bonchev–Trinajstić information content (AvgIpc) is 2.77. The van der Waals surface area contributed by atoms with Gasteiger partial charge in [0.15, 0.2) is 18.1 Å². The van der Waals surface area contributed by atoms with Gasteiger partial charge in [-0.2, -0.15) is 5.10 Å². The molecule has 0 fully saturated rings. The third kappa shape index (κ3) is 6.34. The van der Waals surface area contributed by atoms with Crippen LogP contribution in [-0.2, 0) is 11.4 Å². The van der Waals surface area contributed by atoms with Crippen molar-refractivity contribution in [1.29, 1.82) is 0 Å². The first kappa shape index (κ1) is 20.9. The molecule has 0 spiro atoms. The van der Waals surface area contributed by atoms with Crippen LogP contribution in [0.4, 0.5) is 4.39 Å². The van der Waals surface area contributed by atoms with Crippen molar-refractivity contribution in [2.45, 2.75) is 6.61 Å². The first-order valence-electron chi connectivity index (χ1n) is 9.19. The standard InChI is InChI=1S/C23H21FN2O4/c1-28-21-11-10-18(12-22(21)30-15-17-6-3-2-4-7-17)14-25-26-23(27)16-29-20-9-5-8-19(24)13-20/h2-14H,15-16H2,1H3,(H,26,27)/b25-14-. The SMILES string of the molecule is COc1ccc(/C=N\NC(=O)COc2cccc(F)c2)cc1OCc1ccccc1. The van der Waals surface area contributed by atoms with E-state index >= 15 is 0 Å². The van der Waals surface area contributed by atoms with Gasteiger partial charge in [-0.15, -0.1) is 0 Å². The van der Waals surface area contributed by atoms with E-state index in [4.69, 9.17) is 14.2 Å². The molecule has 1 N–H and O–H groups in total. The first-order valence-corrected chi connectivity index (χ1v) is 9.19. The number of nitrogens with one attached hydrogen (secondary N) is 1. The van der Waals surface area contributed by atoms with E-state index in [1.165, 1.54) is 24.4 Å². The fraction of sp³-hybridized carbons (Fsp3) is 0.130. The number of hydrogen-bond donors (Lipinski definition) is 1. The number of hydrazone groups is 1. The maximum atomic E-state index is 13.1. The van der Waals surface area contributed by atoms with E-state index < -0.39 is 11.7 Å². The molecule has 0 bridgehead atoms. The summed E-state index contributed by atoms with van der Waals surface area (Å²) in [6, 6.07) is 20.6. The Bertz CT molecular complexity index is 1010. The Morgan fingerprint density at radius 3 is 2.60 bits per heavy atom. The van der Waals surface area contributed by atoms with Crippen LogP contribution in [0, 0.1) is 5.82 Å². The zero-order valence-corrected chi connectivity index (χ0v) is 16.4. The van der Waals surface area contributed by atoms with Crippen molar-refractivity contribution in [3.63, 3.8) is 0 Å². The van der Waals surface area contributed by atoms with Crippen molar-refractivity contribution in [1.82, 2.24) is 5.43 Å². The highest BCUT2D eigenvalue weighted by Gasteiger charge is 2.06. The average molecular weight is 408 g/mol. The highest BCUT2D eigenvalue weighted by Crippen LogP contribution is 2.28. The maximum absolute atomic E-state index is 13.1. The normalized spacial score (nSPS) is 10.6. The maximum Gasteiger partial charge on any atom is 0.277 e. The number of benzene rings is 3. The number of carbonyl (C=O) groups is 1. The highest BCUT2D eigenvalue weighted by molar-refractivity contribution is 5.83. The number of rotatable bonds is 9. The third-order valence-electron chi connectivity index (χ3n) is 3.99. The molecule has 0 saturated carbocycles. The van der Waals surface area contributed by atoms with E-state index in [1.807, 2.05) is 30.3 Å². The van der Waals surface area contributed by atoms with E-state index in [2.05, 4.69) is 10.5 Å². The van der Waals surface area contributed by atoms with Crippen LogP contribution in [0.3, 0.4) is 0 Å². The number of halogens is 1. The van der Waals surface area contributed by atoms with Gasteiger partial charge in [-0.05, 0) is 41.5 Å². The second-order valence-corrected chi connectivity index (χ2v) is 6.22. The molecule has 0 radical (unpaired) electrons. The van der Waals surface area contributed by atoms with Crippen molar-refractivity contribution < 1.29 is 23.4 Å². The number of nitrogens with zero attached hydrogens (tertiary/aromatic N) is 1. The molecule has 0 saturated heterocycles. The summed E-state index contributed by atoms with van der Waals surface area (Å²) >= 11 is 0. The summed E-state index contributed by atoms with van der Waals surface area (Å²) in [5, 5.41) is 3.91. The van der Waals surface area contributed by atoms with Crippen molar-refractivity contribution in [3.05, 3.63) is 89.7 Å². The Labute approximate surface area is 173 Å². The Morgan fingerprint density at radius 2 is 1.83 bits per heavy atom. The molecule has 1 amide bonds. The van der Waals surface area contributed by atoms with Crippen LogP contribution in [0.1, 0.15) is 11.1 Å². The van der Waals surface area contributed by atoms with Crippen molar-refractivity contribution in [2.75, 3.05) is 13.7 Å². The molecule has 3 rings (SSSR count). The lowest BCUT2D eigenvalue weighted by molar-refractivity contribution is -0.123. The summed E-state index contributed by atoms with van der Waals surface area (Å²) < 4.78 is 29.5. The molecule has 0 aliphatic rings. The van der Waals surface area contributed by atoms with Crippen molar-refractivity contribution >= 4 is 12.1 Å². The Balaban J connectivity index is 1.54. The Morgan fingerprint density at radius 1 is 1.00 bits per heavy atom. The minimum Gasteiger partial charge on any atom is -0.493 e. The van der Waals surface area contributed by atoms with Crippen molar-refractivity contribution in [2.24, 2.45) is 5.10 Å². The summed E-state index contributed by atoms with van der Waals surface area (Å²) in [7, 11) is 1.57. The summed E-state index contributed by atoms with van der Waals surface area (Å²) in [6.07, 6.45) is 1.48. The molecule has 7 heteroatoms. The van der Waals surface area contributed by atoms with Crippen molar-refractivity contribution in [3.8, 4) is 17.2 Å². The van der Waals surface area contributed by atoms with E-state index in [1.54, 1.807) is 31.4 Å². The van der Waals surface area contributed by atoms with Crippen LogP contribution in [0.25, 0.3) is 0 Å². The van der Waals surface area contributed by atoms with Gasteiger partial charge in [0.1, 0.15) is 18.2 Å². The molecular formula is C23H21FN2O4. The molecule has 3 aromatic carbocycles. The molecular weight excluding hydrogens is 387 g/mol. The second kappa shape index (κ2) is 10.6. The molecule has 0 atom stereocenters. The minimum atomic E-state index is -0.468. The Hall–Kier alpha value is -3.87. The van der Waals surface area contributed by atoms with Gasteiger partial charge in [-0.1, -0.05) is 36.4 Å². The largest absolute Gasteiger partial charge is 0.493 e. The molecule has 3 aromatic rings. The van der Waals surface area contributed by atoms with Crippen LogP contribution in [0.2, 0.25) is 0 Å². The molecule has 30 heavy (non-hydrogen) atoms. The molecule has 6 nitrogen and oxygen atoms in total. The topological polar surface area (TPSA) is 69.2 Å². The van der Waals surface area contributed by atoms with Gasteiger partial charge < -0.3 is 14.2 Å². The van der Waals surface area contributed by atoms with E-state index in [9.17, 15) is 9.18 Å². The highest BCUT2D eigenvalue weighted by atomic mass is 19.1. The van der Waals surface area contributed by atoms with Crippen LogP contribution in [0.15, 0.2) is 77.9 Å². The van der Waals surface area contributed by atoms with Crippen LogP contribution < -0.4 is 19.6 Å². The third-order valence-corrected chi connectivity index (χ3v) is 3.99. The van der Waals surface area contributed by atoms with Crippen LogP contribution in [0.5, 0.6) is 17.2 Å². The minimum absolute atomic E-state index is 0.268. The number of ether oxygens (including phenoxy) is 3. The predicted molar refractivity (Wildman–Crippen MR) is 111 cm³/mol. The predicted octanol–water partition coefficient (Wildman–Crippen LogP) is 3.94. The summed E-state index contributed by atoms with van der Waals surface area (Å²) in [6.45, 7) is 0.112. The lowest BCUT2D eigenvalue weighted by Crippen LogP contribution is -2.24. The molecule has 154 valence electrons. The van der Waals surface area contributed by atoms with Gasteiger partial charge in [-0.25, -0.2) is 9.82 Å². The molecule has 0 aliphatic heterocycles. The number of methoxy groups -OCH3 is 1. The van der Waals surface area contributed by atoms with Gasteiger partial charge in [0.2, 0.25) is 0 Å². The number of carbonyl (C=O) groups excluding carboxylic acids is 1. The van der Waals surface area contributed by atoms with Crippen LogP contribution in [-0.4, -0.2) is 25.8 Å². The van der Waals surface area contributed by atoms with E-state index in [-0.39, 0.29) is 12.4 Å². The van der Waals surface area contributed by atoms with E-state index in [0.29, 0.717) is 23.7 Å². The first-order chi connectivity index (χ1) is 14.6. The fourth-order valence-electron chi connectivity index (χ4n) is 2.54. The molecule has 0 heterocycles. The molecule has 0 aliphatic carbocycles. The number of amides is 1. The zero-order valence-electron chi connectivity index (χ0n) is 16.4. The van der Waals surface area contributed by atoms with Gasteiger partial charge >= 0.3 is 0 Å². The zero-order chi connectivity index (χ0) is 21.2. The van der Waals surface area contributed by atoms with Gasteiger partial charge in [-0.3, -0.25) is 4.79 Å².